The number of halogens is 1. The third-order valence-electron chi connectivity index (χ3n) is 2.40. The molecule has 1 rings (SSSR count). The van der Waals surface area contributed by atoms with E-state index in [0.717, 1.165) is 6.42 Å². The van der Waals surface area contributed by atoms with Gasteiger partial charge < -0.3 is 5.32 Å². The maximum Gasteiger partial charge on any atom is 0.241 e. The van der Waals surface area contributed by atoms with Gasteiger partial charge in [-0.2, -0.15) is 10.5 Å². The molecule has 5 heteroatoms. The molecule has 0 aromatic heterocycles. The third kappa shape index (κ3) is 3.48. The summed E-state index contributed by atoms with van der Waals surface area (Å²) in [6, 6.07) is 8.50. The van der Waals surface area contributed by atoms with E-state index < -0.39 is 11.8 Å². The summed E-state index contributed by atoms with van der Waals surface area (Å²) in [5.41, 5.74) is 0.760. The molecule has 0 fully saturated rings. The number of benzene rings is 1. The Bertz CT molecular complexity index is 528. The van der Waals surface area contributed by atoms with Crippen molar-refractivity contribution in [2.45, 2.75) is 19.8 Å². The Morgan fingerprint density at radius 3 is 2.78 bits per heavy atom. The summed E-state index contributed by atoms with van der Waals surface area (Å²) < 4.78 is 0. The van der Waals surface area contributed by atoms with E-state index in [2.05, 4.69) is 5.32 Å². The Hall–Kier alpha value is -2.04. The highest BCUT2D eigenvalue weighted by molar-refractivity contribution is 6.33. The summed E-state index contributed by atoms with van der Waals surface area (Å²) in [6.07, 6.45) is 1.25. The first-order valence-electron chi connectivity index (χ1n) is 5.52. The van der Waals surface area contributed by atoms with Crippen LogP contribution in [0.5, 0.6) is 0 Å². The Balaban J connectivity index is 2.88. The van der Waals surface area contributed by atoms with Crippen LogP contribution in [0.2, 0.25) is 5.02 Å². The molecule has 0 aliphatic heterocycles. The van der Waals surface area contributed by atoms with Crippen LogP contribution >= 0.6 is 11.6 Å². The number of nitrogens with zero attached hydrogens (tertiary/aromatic N) is 2. The quantitative estimate of drug-likeness (QED) is 0.905. The molecule has 1 amide bonds. The average molecular weight is 262 g/mol. The van der Waals surface area contributed by atoms with Gasteiger partial charge in [0.25, 0.3) is 0 Å². The Kier molecular flexibility index (Phi) is 5.17. The van der Waals surface area contributed by atoms with E-state index >= 15 is 0 Å². The molecule has 1 N–H and O–H groups in total. The molecule has 0 aliphatic carbocycles. The van der Waals surface area contributed by atoms with Crippen molar-refractivity contribution in [1.29, 1.82) is 10.5 Å². The normalized spacial score (nSPS) is 11.1. The number of amides is 1. The minimum absolute atomic E-state index is 0.343. The van der Waals surface area contributed by atoms with Gasteiger partial charge in [0.1, 0.15) is 5.92 Å². The van der Waals surface area contributed by atoms with Gasteiger partial charge in [-0.25, -0.2) is 0 Å². The number of anilines is 1. The van der Waals surface area contributed by atoms with Crippen molar-refractivity contribution in [2.24, 2.45) is 5.92 Å². The molecule has 1 aromatic rings. The van der Waals surface area contributed by atoms with E-state index in [4.69, 9.17) is 22.1 Å². The van der Waals surface area contributed by atoms with E-state index in [1.165, 1.54) is 12.1 Å². The van der Waals surface area contributed by atoms with Crippen LogP contribution in [-0.2, 0) is 4.79 Å². The Labute approximate surface area is 111 Å². The lowest BCUT2D eigenvalue weighted by molar-refractivity contribution is -0.118. The molecule has 0 saturated heterocycles. The molecular formula is C13H12ClN3O. The van der Waals surface area contributed by atoms with Crippen molar-refractivity contribution < 1.29 is 4.79 Å². The second-order valence-electron chi connectivity index (χ2n) is 3.77. The summed E-state index contributed by atoms with van der Waals surface area (Å²) in [4.78, 5) is 11.8. The van der Waals surface area contributed by atoms with E-state index in [0.29, 0.717) is 22.7 Å². The van der Waals surface area contributed by atoms with Gasteiger partial charge in [-0.1, -0.05) is 24.9 Å². The van der Waals surface area contributed by atoms with Gasteiger partial charge >= 0.3 is 0 Å². The number of nitriles is 2. The van der Waals surface area contributed by atoms with Gasteiger partial charge in [0.15, 0.2) is 0 Å². The van der Waals surface area contributed by atoms with Crippen molar-refractivity contribution in [1.82, 2.24) is 0 Å². The molecule has 1 atom stereocenters. The highest BCUT2D eigenvalue weighted by Gasteiger charge is 2.17. The molecule has 0 bridgehead atoms. The molecular weight excluding hydrogens is 250 g/mol. The molecule has 0 aliphatic rings. The van der Waals surface area contributed by atoms with E-state index in [-0.39, 0.29) is 0 Å². The highest BCUT2D eigenvalue weighted by Crippen LogP contribution is 2.23. The largest absolute Gasteiger partial charge is 0.324 e. The summed E-state index contributed by atoms with van der Waals surface area (Å²) in [5, 5.41) is 20.6. The summed E-state index contributed by atoms with van der Waals surface area (Å²) in [6.45, 7) is 1.90. The predicted molar refractivity (Wildman–Crippen MR) is 68.8 cm³/mol. The van der Waals surface area contributed by atoms with E-state index in [9.17, 15) is 4.79 Å². The molecule has 18 heavy (non-hydrogen) atoms. The predicted octanol–water partition coefficient (Wildman–Crippen LogP) is 3.09. The molecule has 1 unspecified atom stereocenters. The van der Waals surface area contributed by atoms with E-state index in [1.807, 2.05) is 19.1 Å². The van der Waals surface area contributed by atoms with Crippen molar-refractivity contribution in [3.63, 3.8) is 0 Å². The Morgan fingerprint density at radius 1 is 1.50 bits per heavy atom. The van der Waals surface area contributed by atoms with Gasteiger partial charge in [-0.05, 0) is 24.6 Å². The first-order valence-corrected chi connectivity index (χ1v) is 5.90. The minimum atomic E-state index is -0.697. The van der Waals surface area contributed by atoms with Crippen molar-refractivity contribution in [3.8, 4) is 12.1 Å². The van der Waals surface area contributed by atoms with E-state index in [1.54, 1.807) is 6.07 Å². The van der Waals surface area contributed by atoms with Gasteiger partial charge in [-0.3, -0.25) is 4.79 Å². The first kappa shape index (κ1) is 14.0. The number of hydrogen-bond donors (Lipinski definition) is 1. The van der Waals surface area contributed by atoms with Crippen LogP contribution in [0.25, 0.3) is 0 Å². The lowest BCUT2D eigenvalue weighted by Crippen LogP contribution is -2.21. The highest BCUT2D eigenvalue weighted by atomic mass is 35.5. The topological polar surface area (TPSA) is 76.7 Å². The molecule has 4 nitrogen and oxygen atoms in total. The zero-order valence-electron chi connectivity index (χ0n) is 9.90. The number of hydrogen-bond acceptors (Lipinski definition) is 3. The molecule has 0 radical (unpaired) electrons. The number of carbonyl (C=O) groups is 1. The van der Waals surface area contributed by atoms with Crippen molar-refractivity contribution in [3.05, 3.63) is 28.8 Å². The van der Waals surface area contributed by atoms with Gasteiger partial charge in [0.05, 0.1) is 28.4 Å². The van der Waals surface area contributed by atoms with Crippen LogP contribution in [0.15, 0.2) is 18.2 Å². The monoisotopic (exact) mass is 261 g/mol. The number of rotatable bonds is 4. The maximum absolute atomic E-state index is 11.8. The zero-order valence-corrected chi connectivity index (χ0v) is 10.7. The van der Waals surface area contributed by atoms with Crippen LogP contribution in [0.3, 0.4) is 0 Å². The summed E-state index contributed by atoms with van der Waals surface area (Å²) in [7, 11) is 0. The van der Waals surface area contributed by atoms with Crippen molar-refractivity contribution >= 4 is 23.2 Å². The molecule has 0 saturated carbocycles. The smallest absolute Gasteiger partial charge is 0.241 e. The molecule has 92 valence electrons. The summed E-state index contributed by atoms with van der Waals surface area (Å²) in [5.74, 6) is -1.09. The fourth-order valence-electron chi connectivity index (χ4n) is 1.45. The van der Waals surface area contributed by atoms with Crippen LogP contribution < -0.4 is 5.32 Å². The second-order valence-corrected chi connectivity index (χ2v) is 4.17. The van der Waals surface area contributed by atoms with Crippen molar-refractivity contribution in [2.75, 3.05) is 5.32 Å². The molecule has 1 aromatic carbocycles. The molecule has 0 heterocycles. The lowest BCUT2D eigenvalue weighted by atomic mass is 10.0. The zero-order chi connectivity index (χ0) is 13.5. The second kappa shape index (κ2) is 6.64. The average Bonchev–Trinajstić information content (AvgIpc) is 2.38. The van der Waals surface area contributed by atoms with Gasteiger partial charge in [0.2, 0.25) is 5.91 Å². The number of carbonyl (C=O) groups excluding carboxylic acids is 1. The van der Waals surface area contributed by atoms with Crippen LogP contribution in [0.1, 0.15) is 25.3 Å². The fraction of sp³-hybridized carbons (Fsp3) is 0.308. The lowest BCUT2D eigenvalue weighted by Gasteiger charge is -2.10. The maximum atomic E-state index is 11.8. The molecule has 0 spiro atoms. The van der Waals surface area contributed by atoms with Gasteiger partial charge in [0, 0.05) is 0 Å². The minimum Gasteiger partial charge on any atom is -0.324 e. The first-order chi connectivity index (χ1) is 8.62. The number of nitrogens with one attached hydrogen (secondary N) is 1. The van der Waals surface area contributed by atoms with Crippen LogP contribution in [0, 0.1) is 28.6 Å². The van der Waals surface area contributed by atoms with Crippen LogP contribution in [0.4, 0.5) is 5.69 Å². The fourth-order valence-corrected chi connectivity index (χ4v) is 1.62. The SMILES string of the molecule is CCCC(C#N)C(=O)Nc1cc(C#N)ccc1Cl. The van der Waals surface area contributed by atoms with Crippen LogP contribution in [-0.4, -0.2) is 5.91 Å². The standard InChI is InChI=1S/C13H12ClN3O/c1-2-3-10(8-16)13(18)17-12-6-9(7-15)4-5-11(12)14/h4-6,10H,2-3H2,1H3,(H,17,18). The summed E-state index contributed by atoms with van der Waals surface area (Å²) >= 11 is 5.92. The Morgan fingerprint density at radius 2 is 2.22 bits per heavy atom. The van der Waals surface area contributed by atoms with Gasteiger partial charge in [-0.15, -0.1) is 0 Å². The third-order valence-corrected chi connectivity index (χ3v) is 2.73.